The highest BCUT2D eigenvalue weighted by molar-refractivity contribution is 9.10. The Morgan fingerprint density at radius 1 is 1.19 bits per heavy atom. The molecule has 0 radical (unpaired) electrons. The number of aliphatic hydroxyl groups excluding tert-OH is 1. The second kappa shape index (κ2) is 4.76. The van der Waals surface area contributed by atoms with Crippen LogP contribution in [0.25, 0.3) is 0 Å². The number of halogens is 1. The molecule has 0 amide bonds. The molecule has 0 aliphatic carbocycles. The minimum atomic E-state index is -0.635. The molecule has 1 N–H and O–H groups in total. The van der Waals surface area contributed by atoms with Gasteiger partial charge in [0.15, 0.2) is 0 Å². The maximum Gasteiger partial charge on any atom is 0.107 e. The lowest BCUT2D eigenvalue weighted by Gasteiger charge is -2.12. The number of rotatable bonds is 2. The van der Waals surface area contributed by atoms with Crippen LogP contribution in [0, 0.1) is 6.92 Å². The van der Waals surface area contributed by atoms with Gasteiger partial charge in [-0.05, 0) is 24.6 Å². The number of aryl methyl sites for hydroxylation is 1. The van der Waals surface area contributed by atoms with Crippen LogP contribution in [-0.2, 0) is 0 Å². The fourth-order valence-electron chi connectivity index (χ4n) is 1.52. The van der Waals surface area contributed by atoms with Crippen LogP contribution in [0.1, 0.15) is 22.9 Å². The Bertz CT molecular complexity index is 482. The van der Waals surface area contributed by atoms with Crippen molar-refractivity contribution in [2.24, 2.45) is 0 Å². The van der Waals surface area contributed by atoms with Crippen molar-refractivity contribution in [2.75, 3.05) is 0 Å². The smallest absolute Gasteiger partial charge is 0.107 e. The fraction of sp³-hybridized carbons (Fsp3) is 0.154. The Morgan fingerprint density at radius 2 is 1.94 bits per heavy atom. The average molecular weight is 278 g/mol. The molecule has 1 unspecified atom stereocenters. The van der Waals surface area contributed by atoms with Crippen LogP contribution in [0.15, 0.2) is 47.1 Å². The van der Waals surface area contributed by atoms with Crippen molar-refractivity contribution in [3.05, 3.63) is 63.9 Å². The van der Waals surface area contributed by atoms with Crippen LogP contribution in [-0.4, -0.2) is 10.1 Å². The first kappa shape index (κ1) is 11.3. The van der Waals surface area contributed by atoms with E-state index in [1.165, 1.54) is 0 Å². The van der Waals surface area contributed by atoms with Crippen LogP contribution in [0.2, 0.25) is 0 Å². The van der Waals surface area contributed by atoms with Crippen molar-refractivity contribution < 1.29 is 5.11 Å². The molecular formula is C13H12BrNO. The molecule has 82 valence electrons. The monoisotopic (exact) mass is 277 g/mol. The van der Waals surface area contributed by atoms with Crippen molar-refractivity contribution in [3.8, 4) is 0 Å². The third-order valence-corrected chi connectivity index (χ3v) is 3.17. The Kier molecular flexibility index (Phi) is 3.36. The Balaban J connectivity index is 2.35. The van der Waals surface area contributed by atoms with Gasteiger partial charge in [0.25, 0.3) is 0 Å². The lowest BCUT2D eigenvalue weighted by atomic mass is 10.0. The summed E-state index contributed by atoms with van der Waals surface area (Å²) in [5, 5.41) is 10.2. The molecule has 0 fully saturated rings. The van der Waals surface area contributed by atoms with Crippen molar-refractivity contribution in [3.63, 3.8) is 0 Å². The lowest BCUT2D eigenvalue weighted by Crippen LogP contribution is -2.01. The van der Waals surface area contributed by atoms with Gasteiger partial charge >= 0.3 is 0 Å². The number of pyridine rings is 1. The minimum Gasteiger partial charge on any atom is -0.384 e. The predicted molar refractivity (Wildman–Crippen MR) is 67.2 cm³/mol. The first-order chi connectivity index (χ1) is 7.68. The minimum absolute atomic E-state index is 0.635. The molecule has 1 atom stereocenters. The molecule has 1 aromatic carbocycles. The molecule has 1 aromatic heterocycles. The van der Waals surface area contributed by atoms with Gasteiger partial charge in [-0.2, -0.15) is 0 Å². The van der Waals surface area contributed by atoms with E-state index in [9.17, 15) is 5.11 Å². The first-order valence-electron chi connectivity index (χ1n) is 5.03. The van der Waals surface area contributed by atoms with E-state index in [0.717, 1.165) is 21.3 Å². The molecule has 2 rings (SSSR count). The third kappa shape index (κ3) is 2.31. The predicted octanol–water partition coefficient (Wildman–Crippen LogP) is 3.23. The normalized spacial score (nSPS) is 12.4. The van der Waals surface area contributed by atoms with Crippen LogP contribution < -0.4 is 0 Å². The number of hydrogen-bond donors (Lipinski definition) is 1. The molecule has 0 aliphatic rings. The average Bonchev–Trinajstić information content (AvgIpc) is 2.30. The molecule has 2 nitrogen and oxygen atoms in total. The summed E-state index contributed by atoms with van der Waals surface area (Å²) in [6.45, 7) is 1.93. The second-order valence-corrected chi connectivity index (χ2v) is 4.51. The standard InChI is InChI=1S/C13H12BrNO/c1-9-6-7-10(8-15-9)13(16)11-4-2-3-5-12(11)14/h2-8,13,16H,1H3. The van der Waals surface area contributed by atoms with Gasteiger partial charge in [-0.3, -0.25) is 4.98 Å². The summed E-state index contributed by atoms with van der Waals surface area (Å²) in [6, 6.07) is 11.4. The summed E-state index contributed by atoms with van der Waals surface area (Å²) < 4.78 is 0.906. The second-order valence-electron chi connectivity index (χ2n) is 3.66. The summed E-state index contributed by atoms with van der Waals surface area (Å²) in [5.41, 5.74) is 2.61. The van der Waals surface area contributed by atoms with Gasteiger partial charge in [0, 0.05) is 21.9 Å². The van der Waals surface area contributed by atoms with Crippen LogP contribution in [0.3, 0.4) is 0 Å². The molecule has 0 aliphatic heterocycles. The molecule has 0 saturated carbocycles. The highest BCUT2D eigenvalue weighted by Gasteiger charge is 2.12. The molecule has 3 heteroatoms. The van der Waals surface area contributed by atoms with E-state index < -0.39 is 6.10 Å². The van der Waals surface area contributed by atoms with E-state index in [-0.39, 0.29) is 0 Å². The maximum atomic E-state index is 10.2. The third-order valence-electron chi connectivity index (χ3n) is 2.45. The summed E-state index contributed by atoms with van der Waals surface area (Å²) in [6.07, 6.45) is 1.07. The topological polar surface area (TPSA) is 33.1 Å². The maximum absolute atomic E-state index is 10.2. The fourth-order valence-corrected chi connectivity index (χ4v) is 2.02. The van der Waals surface area contributed by atoms with Crippen molar-refractivity contribution >= 4 is 15.9 Å². The summed E-state index contributed by atoms with van der Waals surface area (Å²) >= 11 is 3.43. The van der Waals surface area contributed by atoms with Crippen LogP contribution >= 0.6 is 15.9 Å². The van der Waals surface area contributed by atoms with E-state index in [1.54, 1.807) is 6.20 Å². The van der Waals surface area contributed by atoms with Crippen molar-refractivity contribution in [1.82, 2.24) is 4.98 Å². The largest absolute Gasteiger partial charge is 0.384 e. The quantitative estimate of drug-likeness (QED) is 0.914. The highest BCUT2D eigenvalue weighted by Crippen LogP contribution is 2.27. The Hall–Kier alpha value is -1.19. The molecule has 16 heavy (non-hydrogen) atoms. The van der Waals surface area contributed by atoms with Gasteiger partial charge in [0.2, 0.25) is 0 Å². The SMILES string of the molecule is Cc1ccc(C(O)c2ccccc2Br)cn1. The van der Waals surface area contributed by atoms with E-state index >= 15 is 0 Å². The Morgan fingerprint density at radius 3 is 2.56 bits per heavy atom. The number of nitrogens with zero attached hydrogens (tertiary/aromatic N) is 1. The summed E-state index contributed by atoms with van der Waals surface area (Å²) in [5.74, 6) is 0. The Labute approximate surface area is 103 Å². The molecule has 1 heterocycles. The zero-order chi connectivity index (χ0) is 11.5. The van der Waals surface area contributed by atoms with E-state index in [2.05, 4.69) is 20.9 Å². The van der Waals surface area contributed by atoms with Gasteiger partial charge < -0.3 is 5.11 Å². The lowest BCUT2D eigenvalue weighted by molar-refractivity contribution is 0.219. The summed E-state index contributed by atoms with van der Waals surface area (Å²) in [7, 11) is 0. The molecule has 2 aromatic rings. The molecule has 0 saturated heterocycles. The summed E-state index contributed by atoms with van der Waals surface area (Å²) in [4.78, 5) is 4.18. The van der Waals surface area contributed by atoms with Crippen molar-refractivity contribution in [2.45, 2.75) is 13.0 Å². The van der Waals surface area contributed by atoms with E-state index in [4.69, 9.17) is 0 Å². The zero-order valence-corrected chi connectivity index (χ0v) is 10.5. The first-order valence-corrected chi connectivity index (χ1v) is 5.83. The van der Waals surface area contributed by atoms with E-state index in [0.29, 0.717) is 0 Å². The molecular weight excluding hydrogens is 266 g/mol. The van der Waals surface area contributed by atoms with Crippen LogP contribution in [0.4, 0.5) is 0 Å². The number of benzene rings is 1. The number of hydrogen-bond acceptors (Lipinski definition) is 2. The van der Waals surface area contributed by atoms with Crippen LogP contribution in [0.5, 0.6) is 0 Å². The molecule has 0 spiro atoms. The van der Waals surface area contributed by atoms with Gasteiger partial charge in [-0.1, -0.05) is 40.2 Å². The zero-order valence-electron chi connectivity index (χ0n) is 8.89. The van der Waals surface area contributed by atoms with Gasteiger partial charge in [0.1, 0.15) is 6.10 Å². The van der Waals surface area contributed by atoms with E-state index in [1.807, 2.05) is 43.3 Å². The van der Waals surface area contributed by atoms with Crippen molar-refractivity contribution in [1.29, 1.82) is 0 Å². The van der Waals surface area contributed by atoms with Gasteiger partial charge in [-0.25, -0.2) is 0 Å². The molecule has 0 bridgehead atoms. The highest BCUT2D eigenvalue weighted by atomic mass is 79.9. The number of aliphatic hydroxyl groups is 1. The number of aromatic nitrogens is 1. The van der Waals surface area contributed by atoms with Gasteiger partial charge in [0.05, 0.1) is 0 Å². The van der Waals surface area contributed by atoms with Gasteiger partial charge in [-0.15, -0.1) is 0 Å².